The van der Waals surface area contributed by atoms with Gasteiger partial charge in [0.05, 0.1) is 17.6 Å². The average molecular weight is 428 g/mol. The Morgan fingerprint density at radius 2 is 1.72 bits per heavy atom. The van der Waals surface area contributed by atoms with Gasteiger partial charge in [0.2, 0.25) is 0 Å². The van der Waals surface area contributed by atoms with Gasteiger partial charge in [-0.1, -0.05) is 35.9 Å². The second-order valence-electron chi connectivity index (χ2n) is 6.77. The lowest BCUT2D eigenvalue weighted by molar-refractivity contribution is -0.127. The summed E-state index contributed by atoms with van der Waals surface area (Å²) in [7, 11) is 0. The van der Waals surface area contributed by atoms with E-state index in [0.29, 0.717) is 50.0 Å². The molecule has 0 atom stereocenters. The number of benzene rings is 1. The minimum atomic E-state index is -4.21. The van der Waals surface area contributed by atoms with Crippen LogP contribution in [0.1, 0.15) is 11.1 Å². The third-order valence-electron chi connectivity index (χ3n) is 4.64. The number of anilines is 1. The summed E-state index contributed by atoms with van der Waals surface area (Å²) in [6.45, 7) is 2.68. The Morgan fingerprint density at radius 1 is 1.07 bits per heavy atom. The number of hydrogen-bond donors (Lipinski definition) is 1. The van der Waals surface area contributed by atoms with Crippen LogP contribution < -0.4 is 10.2 Å². The largest absolute Gasteiger partial charge is 0.393 e. The fourth-order valence-corrected chi connectivity index (χ4v) is 3.34. The zero-order chi connectivity index (χ0) is 20.9. The Kier molecular flexibility index (Phi) is 6.79. The molecule has 0 radical (unpaired) electrons. The van der Waals surface area contributed by atoms with Gasteiger partial charge in [0.25, 0.3) is 0 Å². The number of carbonyl (C=O) groups is 1. The SMILES string of the molecule is O=C(NCCc1ccc(CC(F)(F)F)cc1)N1CCN(c2nnccc2Cl)CC1. The molecule has 2 heterocycles. The zero-order valence-electron chi connectivity index (χ0n) is 15.6. The molecule has 0 aliphatic carbocycles. The monoisotopic (exact) mass is 427 g/mol. The van der Waals surface area contributed by atoms with Crippen molar-refractivity contribution < 1.29 is 18.0 Å². The molecule has 1 N–H and O–H groups in total. The third kappa shape index (κ3) is 6.22. The number of urea groups is 1. The first-order valence-electron chi connectivity index (χ1n) is 9.21. The second-order valence-corrected chi connectivity index (χ2v) is 7.17. The zero-order valence-corrected chi connectivity index (χ0v) is 16.4. The number of rotatable bonds is 5. The minimum absolute atomic E-state index is 0.163. The van der Waals surface area contributed by atoms with Crippen LogP contribution in [0.15, 0.2) is 36.5 Å². The number of hydrogen-bond acceptors (Lipinski definition) is 4. The molecular formula is C19H21ClF3N5O. The molecule has 0 saturated carbocycles. The third-order valence-corrected chi connectivity index (χ3v) is 4.93. The molecule has 3 rings (SSSR count). The summed E-state index contributed by atoms with van der Waals surface area (Å²) in [5, 5.41) is 11.3. The molecule has 1 aromatic carbocycles. The van der Waals surface area contributed by atoms with Gasteiger partial charge in [-0.15, -0.1) is 5.10 Å². The molecular weight excluding hydrogens is 407 g/mol. The van der Waals surface area contributed by atoms with Gasteiger partial charge in [0.1, 0.15) is 0 Å². The number of piperazine rings is 1. The maximum atomic E-state index is 12.4. The lowest BCUT2D eigenvalue weighted by Gasteiger charge is -2.35. The van der Waals surface area contributed by atoms with Crippen molar-refractivity contribution in [1.82, 2.24) is 20.4 Å². The van der Waals surface area contributed by atoms with E-state index in [9.17, 15) is 18.0 Å². The molecule has 1 aliphatic heterocycles. The Morgan fingerprint density at radius 3 is 2.34 bits per heavy atom. The van der Waals surface area contributed by atoms with Crippen LogP contribution in [-0.2, 0) is 12.8 Å². The predicted molar refractivity (Wildman–Crippen MR) is 104 cm³/mol. The summed E-state index contributed by atoms with van der Waals surface area (Å²) in [4.78, 5) is 16.0. The molecule has 29 heavy (non-hydrogen) atoms. The van der Waals surface area contributed by atoms with Crippen LogP contribution in [0.3, 0.4) is 0 Å². The van der Waals surface area contributed by atoms with E-state index in [2.05, 4.69) is 15.5 Å². The molecule has 156 valence electrons. The summed E-state index contributed by atoms with van der Waals surface area (Å²) in [5.41, 5.74) is 1.10. The summed E-state index contributed by atoms with van der Waals surface area (Å²) >= 11 is 6.13. The van der Waals surface area contributed by atoms with Gasteiger partial charge in [-0.2, -0.15) is 18.3 Å². The fourth-order valence-electron chi connectivity index (χ4n) is 3.13. The number of aromatic nitrogens is 2. The number of nitrogens with one attached hydrogen (secondary N) is 1. The van der Waals surface area contributed by atoms with Crippen LogP contribution in [0.25, 0.3) is 0 Å². The summed E-state index contributed by atoms with van der Waals surface area (Å²) in [5.74, 6) is 0.614. The lowest BCUT2D eigenvalue weighted by Crippen LogP contribution is -2.52. The number of alkyl halides is 3. The van der Waals surface area contributed by atoms with Crippen molar-refractivity contribution in [3.05, 3.63) is 52.7 Å². The van der Waals surface area contributed by atoms with Crippen LogP contribution in [0, 0.1) is 0 Å². The van der Waals surface area contributed by atoms with Crippen LogP contribution >= 0.6 is 11.6 Å². The number of amides is 2. The van der Waals surface area contributed by atoms with E-state index in [0.717, 1.165) is 5.56 Å². The van der Waals surface area contributed by atoms with E-state index in [1.54, 1.807) is 23.1 Å². The lowest BCUT2D eigenvalue weighted by atomic mass is 10.1. The Labute approximate surface area is 171 Å². The van der Waals surface area contributed by atoms with Crippen molar-refractivity contribution >= 4 is 23.4 Å². The Hall–Kier alpha value is -2.55. The quantitative estimate of drug-likeness (QED) is 0.795. The number of halogens is 4. The molecule has 1 aromatic heterocycles. The number of carbonyl (C=O) groups excluding carboxylic acids is 1. The second kappa shape index (κ2) is 9.30. The molecule has 10 heteroatoms. The first-order chi connectivity index (χ1) is 13.8. The molecule has 6 nitrogen and oxygen atoms in total. The van der Waals surface area contributed by atoms with Crippen molar-refractivity contribution in [3.63, 3.8) is 0 Å². The van der Waals surface area contributed by atoms with Crippen molar-refractivity contribution in [2.24, 2.45) is 0 Å². The topological polar surface area (TPSA) is 61.4 Å². The van der Waals surface area contributed by atoms with Crippen LogP contribution in [0.5, 0.6) is 0 Å². The van der Waals surface area contributed by atoms with Crippen molar-refractivity contribution in [3.8, 4) is 0 Å². The highest BCUT2D eigenvalue weighted by atomic mass is 35.5. The maximum absolute atomic E-state index is 12.4. The van der Waals surface area contributed by atoms with Crippen molar-refractivity contribution in [2.75, 3.05) is 37.6 Å². The minimum Gasteiger partial charge on any atom is -0.350 e. The van der Waals surface area contributed by atoms with E-state index in [4.69, 9.17) is 11.6 Å². The highest BCUT2D eigenvalue weighted by molar-refractivity contribution is 6.32. The van der Waals surface area contributed by atoms with Crippen LogP contribution in [0.4, 0.5) is 23.8 Å². The van der Waals surface area contributed by atoms with E-state index < -0.39 is 12.6 Å². The maximum Gasteiger partial charge on any atom is 0.393 e. The van der Waals surface area contributed by atoms with Gasteiger partial charge >= 0.3 is 12.2 Å². The van der Waals surface area contributed by atoms with Crippen molar-refractivity contribution in [1.29, 1.82) is 0 Å². The van der Waals surface area contributed by atoms with Gasteiger partial charge < -0.3 is 15.1 Å². The number of nitrogens with zero attached hydrogens (tertiary/aromatic N) is 4. The molecule has 1 fully saturated rings. The average Bonchev–Trinajstić information content (AvgIpc) is 2.69. The normalized spacial score (nSPS) is 14.8. The molecule has 1 saturated heterocycles. The van der Waals surface area contributed by atoms with E-state index in [-0.39, 0.29) is 11.6 Å². The molecule has 2 aromatic rings. The molecule has 0 unspecified atom stereocenters. The fraction of sp³-hybridized carbons (Fsp3) is 0.421. The molecule has 0 spiro atoms. The molecule has 1 aliphatic rings. The Bertz CT molecular complexity index is 823. The highest BCUT2D eigenvalue weighted by Gasteiger charge is 2.27. The predicted octanol–water partition coefficient (Wildman–Crippen LogP) is 3.31. The summed E-state index contributed by atoms with van der Waals surface area (Å²) < 4.78 is 37.1. The standard InChI is InChI=1S/C19H21ClF3N5O/c20-16-6-8-25-26-17(16)27-9-11-28(12-10-27)18(29)24-7-5-14-1-3-15(4-2-14)13-19(21,22)23/h1-4,6,8H,5,7,9-13H2,(H,24,29). The smallest absolute Gasteiger partial charge is 0.350 e. The van der Waals surface area contributed by atoms with Crippen molar-refractivity contribution in [2.45, 2.75) is 19.0 Å². The van der Waals surface area contributed by atoms with Crippen LogP contribution in [0.2, 0.25) is 5.02 Å². The molecule has 0 bridgehead atoms. The van der Waals surface area contributed by atoms with Gasteiger partial charge in [-0.05, 0) is 23.6 Å². The first-order valence-corrected chi connectivity index (χ1v) is 9.59. The van der Waals surface area contributed by atoms with Gasteiger partial charge in [-0.25, -0.2) is 4.79 Å². The first kappa shape index (κ1) is 21.2. The Balaban J connectivity index is 1.41. The highest BCUT2D eigenvalue weighted by Crippen LogP contribution is 2.23. The van der Waals surface area contributed by atoms with E-state index in [1.807, 2.05) is 4.90 Å². The van der Waals surface area contributed by atoms with Gasteiger partial charge in [-0.3, -0.25) is 0 Å². The van der Waals surface area contributed by atoms with E-state index >= 15 is 0 Å². The van der Waals surface area contributed by atoms with Crippen LogP contribution in [-0.4, -0.2) is 60.0 Å². The van der Waals surface area contributed by atoms with Gasteiger partial charge in [0, 0.05) is 32.7 Å². The molecule has 2 amide bonds. The summed E-state index contributed by atoms with van der Waals surface area (Å²) in [6.07, 6.45) is -3.07. The van der Waals surface area contributed by atoms with E-state index in [1.165, 1.54) is 18.3 Å². The summed E-state index contributed by atoms with van der Waals surface area (Å²) in [6, 6.07) is 7.79. The van der Waals surface area contributed by atoms with Gasteiger partial charge in [0.15, 0.2) is 5.82 Å².